The number of carbonyl (C=O) groups is 1. The summed E-state index contributed by atoms with van der Waals surface area (Å²) in [7, 11) is -3.32. The third-order valence-corrected chi connectivity index (χ3v) is 6.23. The van der Waals surface area contributed by atoms with E-state index in [0.29, 0.717) is 12.8 Å². The molecule has 1 saturated heterocycles. The van der Waals surface area contributed by atoms with Crippen LogP contribution in [-0.4, -0.2) is 43.3 Å². The first-order valence-electron chi connectivity index (χ1n) is 7.31. The van der Waals surface area contributed by atoms with Gasteiger partial charge in [-0.2, -0.15) is 4.31 Å². The van der Waals surface area contributed by atoms with Crippen LogP contribution in [0.3, 0.4) is 0 Å². The molecule has 2 fully saturated rings. The second kappa shape index (κ2) is 5.92. The van der Waals surface area contributed by atoms with Crippen molar-refractivity contribution >= 4 is 21.6 Å². The Labute approximate surface area is 136 Å². The number of anilines is 1. The normalized spacial score (nSPS) is 19.6. The Kier molecular flexibility index (Phi) is 4.20. The second-order valence-corrected chi connectivity index (χ2v) is 8.00. The molecule has 1 heterocycles. The fourth-order valence-corrected chi connectivity index (χ4v) is 4.34. The van der Waals surface area contributed by atoms with Crippen molar-refractivity contribution in [1.82, 2.24) is 4.31 Å². The van der Waals surface area contributed by atoms with Crippen LogP contribution in [0.25, 0.3) is 0 Å². The average molecular weight is 364 g/mol. The number of rotatable bonds is 5. The number of amides is 1. The maximum absolute atomic E-state index is 12.4. The van der Waals surface area contributed by atoms with Crippen LogP contribution in [0.5, 0.6) is 5.75 Å². The lowest BCUT2D eigenvalue weighted by molar-refractivity contribution is -0.274. The van der Waals surface area contributed by atoms with Crippen molar-refractivity contribution in [2.75, 3.05) is 18.4 Å². The lowest BCUT2D eigenvalue weighted by Crippen LogP contribution is -2.55. The number of nitrogens with one attached hydrogen (secondary N) is 1. The van der Waals surface area contributed by atoms with Gasteiger partial charge in [-0.3, -0.25) is 4.79 Å². The Hall–Kier alpha value is -1.81. The minimum Gasteiger partial charge on any atom is -0.404 e. The van der Waals surface area contributed by atoms with Gasteiger partial charge in [0.15, 0.2) is 5.75 Å². The van der Waals surface area contributed by atoms with Gasteiger partial charge >= 0.3 is 6.36 Å². The van der Waals surface area contributed by atoms with E-state index in [9.17, 15) is 26.4 Å². The van der Waals surface area contributed by atoms with E-state index < -0.39 is 34.0 Å². The zero-order valence-corrected chi connectivity index (χ0v) is 13.2. The van der Waals surface area contributed by atoms with Crippen molar-refractivity contribution in [3.05, 3.63) is 24.3 Å². The van der Waals surface area contributed by atoms with Gasteiger partial charge in [-0.1, -0.05) is 12.1 Å². The van der Waals surface area contributed by atoms with Gasteiger partial charge in [-0.25, -0.2) is 8.42 Å². The Morgan fingerprint density at radius 1 is 1.21 bits per heavy atom. The van der Waals surface area contributed by atoms with Gasteiger partial charge in [-0.05, 0) is 25.0 Å². The Bertz CT molecular complexity index is 741. The van der Waals surface area contributed by atoms with Crippen LogP contribution in [-0.2, 0) is 14.8 Å². The summed E-state index contributed by atoms with van der Waals surface area (Å²) in [5.41, 5.74) is -0.108. The number of para-hydroxylation sites is 2. The van der Waals surface area contributed by atoms with E-state index in [1.807, 2.05) is 0 Å². The molecule has 1 saturated carbocycles. The van der Waals surface area contributed by atoms with Crippen molar-refractivity contribution in [1.29, 1.82) is 0 Å². The largest absolute Gasteiger partial charge is 0.573 e. The topological polar surface area (TPSA) is 75.7 Å². The number of sulfonamides is 1. The van der Waals surface area contributed by atoms with Crippen LogP contribution >= 0.6 is 0 Å². The van der Waals surface area contributed by atoms with Gasteiger partial charge in [0, 0.05) is 13.1 Å². The van der Waals surface area contributed by atoms with Crippen LogP contribution in [0.4, 0.5) is 18.9 Å². The molecule has 24 heavy (non-hydrogen) atoms. The molecule has 1 aliphatic carbocycles. The molecule has 132 valence electrons. The van der Waals surface area contributed by atoms with Crippen molar-refractivity contribution in [3.8, 4) is 5.75 Å². The van der Waals surface area contributed by atoms with Gasteiger partial charge in [0.1, 0.15) is 0 Å². The number of halogens is 3. The first kappa shape index (κ1) is 17.0. The van der Waals surface area contributed by atoms with Crippen LogP contribution in [0.2, 0.25) is 0 Å². The maximum atomic E-state index is 12.4. The molecule has 1 amide bonds. The smallest absolute Gasteiger partial charge is 0.404 e. The van der Waals surface area contributed by atoms with Crippen molar-refractivity contribution in [2.45, 2.75) is 24.5 Å². The predicted octanol–water partition coefficient (Wildman–Crippen LogP) is 1.95. The maximum Gasteiger partial charge on any atom is 0.573 e. The highest BCUT2D eigenvalue weighted by Crippen LogP contribution is 2.35. The minimum atomic E-state index is -4.87. The molecule has 0 spiro atoms. The van der Waals surface area contributed by atoms with E-state index >= 15 is 0 Å². The molecule has 2 aliphatic rings. The van der Waals surface area contributed by atoms with Crippen LogP contribution < -0.4 is 10.1 Å². The summed E-state index contributed by atoms with van der Waals surface area (Å²) in [6.07, 6.45) is -3.60. The van der Waals surface area contributed by atoms with Crippen molar-refractivity contribution in [3.63, 3.8) is 0 Å². The first-order chi connectivity index (χ1) is 11.2. The van der Waals surface area contributed by atoms with E-state index in [1.54, 1.807) is 0 Å². The van der Waals surface area contributed by atoms with Gasteiger partial charge in [0.25, 0.3) is 0 Å². The number of hydrogen-bond acceptors (Lipinski definition) is 4. The molecule has 1 aromatic carbocycles. The Balaban J connectivity index is 1.61. The fraction of sp³-hybridized carbons (Fsp3) is 0.500. The monoisotopic (exact) mass is 364 g/mol. The highest BCUT2D eigenvalue weighted by atomic mass is 32.2. The molecular formula is C14H15F3N2O4S. The third-order valence-electron chi connectivity index (χ3n) is 3.89. The summed E-state index contributed by atoms with van der Waals surface area (Å²) in [5, 5.41) is 2.02. The molecule has 0 atom stereocenters. The third kappa shape index (κ3) is 3.64. The SMILES string of the molecule is O=C(Nc1ccccc1OC(F)(F)F)C1CN(S(=O)(=O)C2CC2)C1. The fourth-order valence-electron chi connectivity index (χ4n) is 2.41. The van der Waals surface area contributed by atoms with Crippen LogP contribution in [0, 0.1) is 5.92 Å². The van der Waals surface area contributed by atoms with E-state index in [1.165, 1.54) is 22.5 Å². The zero-order chi connectivity index (χ0) is 17.5. The van der Waals surface area contributed by atoms with E-state index in [0.717, 1.165) is 6.07 Å². The van der Waals surface area contributed by atoms with Crippen LogP contribution in [0.15, 0.2) is 24.3 Å². The summed E-state index contributed by atoms with van der Waals surface area (Å²) in [6, 6.07) is 5.19. The molecule has 0 radical (unpaired) electrons. The number of carbonyl (C=O) groups excluding carboxylic acids is 1. The first-order valence-corrected chi connectivity index (χ1v) is 8.82. The summed E-state index contributed by atoms with van der Waals surface area (Å²) < 4.78 is 66.1. The van der Waals surface area contributed by atoms with Crippen molar-refractivity contribution in [2.24, 2.45) is 5.92 Å². The number of ether oxygens (including phenoxy) is 1. The van der Waals surface area contributed by atoms with Crippen LogP contribution in [0.1, 0.15) is 12.8 Å². The van der Waals surface area contributed by atoms with Gasteiger partial charge in [-0.15, -0.1) is 13.2 Å². The molecule has 10 heteroatoms. The van der Waals surface area contributed by atoms with Crippen molar-refractivity contribution < 1.29 is 31.1 Å². The van der Waals surface area contributed by atoms with E-state index in [4.69, 9.17) is 0 Å². The Morgan fingerprint density at radius 3 is 2.42 bits per heavy atom. The van der Waals surface area contributed by atoms with E-state index in [-0.39, 0.29) is 24.0 Å². The molecule has 1 aliphatic heterocycles. The zero-order valence-electron chi connectivity index (χ0n) is 12.4. The molecule has 1 aromatic rings. The summed E-state index contributed by atoms with van der Waals surface area (Å²) in [5.74, 6) is -1.63. The molecular weight excluding hydrogens is 349 g/mol. The quantitative estimate of drug-likeness (QED) is 0.867. The standard InChI is InChI=1S/C14H15F3N2O4S/c15-14(16,17)23-12-4-2-1-3-11(12)18-13(20)9-7-19(8-9)24(21,22)10-5-6-10/h1-4,9-10H,5-8H2,(H,18,20). The molecule has 0 aromatic heterocycles. The van der Waals surface area contributed by atoms with Gasteiger partial charge < -0.3 is 10.1 Å². The molecule has 0 bridgehead atoms. The van der Waals surface area contributed by atoms with E-state index in [2.05, 4.69) is 10.1 Å². The second-order valence-electron chi connectivity index (χ2n) is 5.79. The number of benzene rings is 1. The number of alkyl halides is 3. The highest BCUT2D eigenvalue weighted by molar-refractivity contribution is 7.90. The highest BCUT2D eigenvalue weighted by Gasteiger charge is 2.47. The lowest BCUT2D eigenvalue weighted by atomic mass is 10.0. The predicted molar refractivity (Wildman–Crippen MR) is 78.8 cm³/mol. The van der Waals surface area contributed by atoms with Gasteiger partial charge in [0.05, 0.1) is 16.9 Å². The number of hydrogen-bond donors (Lipinski definition) is 1. The summed E-state index contributed by atoms with van der Waals surface area (Å²) >= 11 is 0. The lowest BCUT2D eigenvalue weighted by Gasteiger charge is -2.37. The molecule has 0 unspecified atom stereocenters. The summed E-state index contributed by atoms with van der Waals surface area (Å²) in [4.78, 5) is 12.1. The summed E-state index contributed by atoms with van der Waals surface area (Å²) in [6.45, 7) is 0.0971. The average Bonchev–Trinajstić information content (AvgIpc) is 3.21. The molecule has 1 N–H and O–H groups in total. The Morgan fingerprint density at radius 2 is 1.83 bits per heavy atom. The number of nitrogens with zero attached hydrogens (tertiary/aromatic N) is 1. The molecule has 6 nitrogen and oxygen atoms in total. The minimum absolute atomic E-state index is 0.0486. The van der Waals surface area contributed by atoms with Gasteiger partial charge in [0.2, 0.25) is 15.9 Å². The molecule has 3 rings (SSSR count).